The summed E-state index contributed by atoms with van der Waals surface area (Å²) in [5.74, 6) is 2.21. The summed E-state index contributed by atoms with van der Waals surface area (Å²) in [4.78, 5) is 12.3. The minimum Gasteiger partial charge on any atom is -0.497 e. The molecule has 0 aliphatic heterocycles. The zero-order valence-electron chi connectivity index (χ0n) is 15.3. The molecule has 0 spiro atoms. The van der Waals surface area contributed by atoms with Gasteiger partial charge < -0.3 is 24.1 Å². The lowest BCUT2D eigenvalue weighted by Gasteiger charge is -2.10. The Kier molecular flexibility index (Phi) is 5.61. The molecule has 27 heavy (non-hydrogen) atoms. The molecule has 0 aliphatic rings. The summed E-state index contributed by atoms with van der Waals surface area (Å²) in [6.07, 6.45) is 0.0851. The molecule has 140 valence electrons. The number of rotatable bonds is 7. The van der Waals surface area contributed by atoms with Gasteiger partial charge in [-0.05, 0) is 24.3 Å². The maximum Gasteiger partial charge on any atom is 0.230 e. The molecule has 1 heterocycles. The summed E-state index contributed by atoms with van der Waals surface area (Å²) in [5.41, 5.74) is 1.97. The zero-order valence-corrected chi connectivity index (χ0v) is 15.3. The fourth-order valence-electron chi connectivity index (χ4n) is 2.59. The Hall–Kier alpha value is -3.48. The van der Waals surface area contributed by atoms with E-state index in [1.807, 2.05) is 24.3 Å². The molecule has 1 aromatic heterocycles. The van der Waals surface area contributed by atoms with E-state index in [0.717, 1.165) is 11.3 Å². The minimum atomic E-state index is -0.215. The van der Waals surface area contributed by atoms with Gasteiger partial charge >= 0.3 is 0 Å². The molecule has 3 aromatic rings. The fraction of sp³-hybridized carbons (Fsp3) is 0.200. The molecule has 7 heteroatoms. The van der Waals surface area contributed by atoms with Gasteiger partial charge in [-0.2, -0.15) is 0 Å². The second kappa shape index (κ2) is 8.27. The number of aromatic nitrogens is 1. The average molecular weight is 368 g/mol. The number of hydrogen-bond donors (Lipinski definition) is 1. The number of nitrogens with one attached hydrogen (secondary N) is 1. The number of carbonyl (C=O) groups excluding carboxylic acids is 1. The van der Waals surface area contributed by atoms with E-state index in [0.29, 0.717) is 28.6 Å². The van der Waals surface area contributed by atoms with E-state index in [1.165, 1.54) is 0 Å². The molecule has 3 rings (SSSR count). The van der Waals surface area contributed by atoms with Crippen molar-refractivity contribution in [2.75, 3.05) is 26.6 Å². The lowest BCUT2D eigenvalue weighted by molar-refractivity contribution is -0.115. The lowest BCUT2D eigenvalue weighted by atomic mass is 10.1. The van der Waals surface area contributed by atoms with E-state index in [4.69, 9.17) is 18.7 Å². The monoisotopic (exact) mass is 368 g/mol. The van der Waals surface area contributed by atoms with Crippen LogP contribution < -0.4 is 19.5 Å². The quantitative estimate of drug-likeness (QED) is 0.687. The lowest BCUT2D eigenvalue weighted by Crippen LogP contribution is -2.14. The SMILES string of the molecule is COc1cccc(-c2cc(CC(=O)Nc3ccc(OC)c(OC)c3)no2)c1. The molecular formula is C20H20N2O5. The second-order valence-corrected chi connectivity index (χ2v) is 5.71. The molecule has 1 amide bonds. The van der Waals surface area contributed by atoms with E-state index in [-0.39, 0.29) is 12.3 Å². The molecule has 0 saturated carbocycles. The van der Waals surface area contributed by atoms with Gasteiger partial charge in [0, 0.05) is 23.4 Å². The molecule has 7 nitrogen and oxygen atoms in total. The zero-order chi connectivity index (χ0) is 19.2. The number of amides is 1. The van der Waals surface area contributed by atoms with Crippen molar-refractivity contribution in [1.29, 1.82) is 0 Å². The normalized spacial score (nSPS) is 10.3. The van der Waals surface area contributed by atoms with Crippen LogP contribution in [0.3, 0.4) is 0 Å². The van der Waals surface area contributed by atoms with E-state index in [2.05, 4.69) is 10.5 Å². The Morgan fingerprint density at radius 3 is 2.56 bits per heavy atom. The number of carbonyl (C=O) groups is 1. The van der Waals surface area contributed by atoms with Gasteiger partial charge in [0.2, 0.25) is 5.91 Å². The minimum absolute atomic E-state index is 0.0851. The van der Waals surface area contributed by atoms with Gasteiger partial charge in [-0.1, -0.05) is 17.3 Å². The topological polar surface area (TPSA) is 82.8 Å². The van der Waals surface area contributed by atoms with Crippen molar-refractivity contribution in [2.24, 2.45) is 0 Å². The Balaban J connectivity index is 1.67. The first-order valence-corrected chi connectivity index (χ1v) is 8.25. The molecular weight excluding hydrogens is 348 g/mol. The van der Waals surface area contributed by atoms with Crippen LogP contribution in [-0.4, -0.2) is 32.4 Å². The molecule has 0 aliphatic carbocycles. The summed E-state index contributed by atoms with van der Waals surface area (Å²) >= 11 is 0. The first-order chi connectivity index (χ1) is 13.1. The van der Waals surface area contributed by atoms with Crippen LogP contribution in [0, 0.1) is 0 Å². The van der Waals surface area contributed by atoms with Crippen molar-refractivity contribution >= 4 is 11.6 Å². The maximum atomic E-state index is 12.3. The van der Waals surface area contributed by atoms with E-state index >= 15 is 0 Å². The Morgan fingerprint density at radius 2 is 1.81 bits per heavy atom. The van der Waals surface area contributed by atoms with Crippen molar-refractivity contribution in [1.82, 2.24) is 5.16 Å². The molecule has 0 saturated heterocycles. The third-order valence-corrected chi connectivity index (χ3v) is 3.92. The van der Waals surface area contributed by atoms with Crippen LogP contribution in [0.2, 0.25) is 0 Å². The summed E-state index contributed by atoms with van der Waals surface area (Å²) in [7, 11) is 4.70. The van der Waals surface area contributed by atoms with Gasteiger partial charge in [-0.3, -0.25) is 4.79 Å². The van der Waals surface area contributed by atoms with Crippen LogP contribution in [0.15, 0.2) is 53.1 Å². The highest BCUT2D eigenvalue weighted by atomic mass is 16.5. The highest BCUT2D eigenvalue weighted by Gasteiger charge is 2.13. The Morgan fingerprint density at radius 1 is 1.00 bits per heavy atom. The van der Waals surface area contributed by atoms with E-state index in [9.17, 15) is 4.79 Å². The summed E-state index contributed by atoms with van der Waals surface area (Å²) in [5, 5.41) is 6.78. The third-order valence-electron chi connectivity index (χ3n) is 3.92. The van der Waals surface area contributed by atoms with Gasteiger partial charge in [-0.25, -0.2) is 0 Å². The molecule has 2 aromatic carbocycles. The smallest absolute Gasteiger partial charge is 0.230 e. The predicted octanol–water partition coefficient (Wildman–Crippen LogP) is 3.55. The van der Waals surface area contributed by atoms with Gasteiger partial charge in [0.1, 0.15) is 5.75 Å². The van der Waals surface area contributed by atoms with Gasteiger partial charge in [0.25, 0.3) is 0 Å². The summed E-state index contributed by atoms with van der Waals surface area (Å²) in [6.45, 7) is 0. The maximum absolute atomic E-state index is 12.3. The highest BCUT2D eigenvalue weighted by molar-refractivity contribution is 5.92. The van der Waals surface area contributed by atoms with Gasteiger partial charge in [-0.15, -0.1) is 0 Å². The van der Waals surface area contributed by atoms with Crippen molar-refractivity contribution in [3.8, 4) is 28.6 Å². The Bertz CT molecular complexity index is 936. The molecule has 0 bridgehead atoms. The van der Waals surface area contributed by atoms with E-state index in [1.54, 1.807) is 45.6 Å². The number of anilines is 1. The van der Waals surface area contributed by atoms with Gasteiger partial charge in [0.05, 0.1) is 33.4 Å². The molecule has 0 radical (unpaired) electrons. The van der Waals surface area contributed by atoms with Crippen molar-refractivity contribution in [3.05, 3.63) is 54.2 Å². The molecule has 0 fully saturated rings. The summed E-state index contributed by atoms with van der Waals surface area (Å²) < 4.78 is 21.0. The second-order valence-electron chi connectivity index (χ2n) is 5.71. The van der Waals surface area contributed by atoms with Crippen molar-refractivity contribution in [3.63, 3.8) is 0 Å². The molecule has 0 atom stereocenters. The number of methoxy groups -OCH3 is 3. The van der Waals surface area contributed by atoms with Crippen molar-refractivity contribution in [2.45, 2.75) is 6.42 Å². The first kappa shape index (κ1) is 18.3. The standard InChI is InChI=1S/C20H20N2O5/c1-24-16-6-4-5-13(9-16)18-11-15(22-27-18)12-20(23)21-14-7-8-17(25-2)19(10-14)26-3/h4-11H,12H2,1-3H3,(H,21,23). The fourth-order valence-corrected chi connectivity index (χ4v) is 2.59. The van der Waals surface area contributed by atoms with Crippen molar-refractivity contribution < 1.29 is 23.5 Å². The molecule has 1 N–H and O–H groups in total. The molecule has 0 unspecified atom stereocenters. The van der Waals surface area contributed by atoms with E-state index < -0.39 is 0 Å². The average Bonchev–Trinajstić information content (AvgIpc) is 3.16. The van der Waals surface area contributed by atoms with Crippen LogP contribution in [0.5, 0.6) is 17.2 Å². The van der Waals surface area contributed by atoms with Crippen LogP contribution in [0.25, 0.3) is 11.3 Å². The van der Waals surface area contributed by atoms with Crippen LogP contribution in [0.4, 0.5) is 5.69 Å². The number of hydrogen-bond acceptors (Lipinski definition) is 6. The third kappa shape index (κ3) is 4.38. The number of ether oxygens (including phenoxy) is 3. The highest BCUT2D eigenvalue weighted by Crippen LogP contribution is 2.30. The summed E-state index contributed by atoms with van der Waals surface area (Å²) in [6, 6.07) is 14.3. The van der Waals surface area contributed by atoms with Gasteiger partial charge in [0.15, 0.2) is 17.3 Å². The number of benzene rings is 2. The van der Waals surface area contributed by atoms with Crippen LogP contribution in [-0.2, 0) is 11.2 Å². The first-order valence-electron chi connectivity index (χ1n) is 8.25. The van der Waals surface area contributed by atoms with Crippen LogP contribution >= 0.6 is 0 Å². The Labute approximate surface area is 156 Å². The predicted molar refractivity (Wildman–Crippen MR) is 100 cm³/mol. The number of nitrogens with zero attached hydrogens (tertiary/aromatic N) is 1. The van der Waals surface area contributed by atoms with Crippen LogP contribution in [0.1, 0.15) is 5.69 Å². The largest absolute Gasteiger partial charge is 0.497 e.